The van der Waals surface area contributed by atoms with Crippen molar-refractivity contribution < 1.29 is 12.8 Å². The average molecular weight is 568 g/mol. The van der Waals surface area contributed by atoms with Gasteiger partial charge in [0.25, 0.3) is 5.56 Å². The van der Waals surface area contributed by atoms with Crippen LogP contribution in [0.5, 0.6) is 0 Å². The molecule has 3 aromatic rings. The summed E-state index contributed by atoms with van der Waals surface area (Å²) in [5.74, 6) is 0.354. The molecule has 2 aliphatic heterocycles. The third-order valence-corrected chi connectivity index (χ3v) is 10.9. The summed E-state index contributed by atoms with van der Waals surface area (Å²) < 4.78 is 43.0. The molecule has 0 unspecified atom stereocenters. The molecule has 1 aliphatic carbocycles. The zero-order valence-corrected chi connectivity index (χ0v) is 23.8. The van der Waals surface area contributed by atoms with Gasteiger partial charge in [0.05, 0.1) is 28.4 Å². The number of nitriles is 1. The average Bonchev–Trinajstić information content (AvgIpc) is 3.38. The molecular formula is C28H34FN7O3S. The first-order valence-electron chi connectivity index (χ1n) is 13.7. The highest BCUT2D eigenvalue weighted by Gasteiger charge is 2.44. The van der Waals surface area contributed by atoms with Gasteiger partial charge in [-0.2, -0.15) is 14.7 Å². The molecule has 0 amide bonds. The van der Waals surface area contributed by atoms with Gasteiger partial charge in [-0.3, -0.25) is 14.4 Å². The van der Waals surface area contributed by atoms with Gasteiger partial charge in [0, 0.05) is 43.1 Å². The second-order valence-electron chi connectivity index (χ2n) is 12.3. The van der Waals surface area contributed by atoms with Crippen molar-refractivity contribution >= 4 is 32.4 Å². The number of anilines is 2. The summed E-state index contributed by atoms with van der Waals surface area (Å²) in [7, 11) is -3.60. The first kappa shape index (κ1) is 26.9. The van der Waals surface area contributed by atoms with E-state index >= 15 is 0 Å². The van der Waals surface area contributed by atoms with Crippen LogP contribution in [0.3, 0.4) is 0 Å². The highest BCUT2D eigenvalue weighted by Crippen LogP contribution is 2.43. The molecule has 6 rings (SSSR count). The Morgan fingerprint density at radius 1 is 1.23 bits per heavy atom. The second kappa shape index (κ2) is 9.39. The van der Waals surface area contributed by atoms with Crippen molar-refractivity contribution in [3.05, 3.63) is 46.4 Å². The van der Waals surface area contributed by atoms with Gasteiger partial charge in [-0.25, -0.2) is 12.8 Å². The van der Waals surface area contributed by atoms with Gasteiger partial charge in [0.15, 0.2) is 5.82 Å². The summed E-state index contributed by atoms with van der Waals surface area (Å²) in [6.07, 6.45) is 4.12. The number of rotatable bonds is 5. The molecule has 2 N–H and O–H groups in total. The first-order chi connectivity index (χ1) is 18.9. The largest absolute Gasteiger partial charge is 0.338 e. The van der Waals surface area contributed by atoms with E-state index in [4.69, 9.17) is 5.10 Å². The summed E-state index contributed by atoms with van der Waals surface area (Å²) in [6, 6.07) is 9.51. The molecule has 2 fully saturated rings. The van der Waals surface area contributed by atoms with Gasteiger partial charge < -0.3 is 10.3 Å². The quantitative estimate of drug-likeness (QED) is 0.478. The van der Waals surface area contributed by atoms with Crippen LogP contribution >= 0.6 is 0 Å². The maximum Gasteiger partial charge on any atom is 0.261 e. The Hall–Kier alpha value is -3.27. The number of H-pyrrole nitrogens is 1. The van der Waals surface area contributed by atoms with E-state index in [1.54, 1.807) is 30.5 Å². The smallest absolute Gasteiger partial charge is 0.261 e. The Bertz CT molecular complexity index is 1670. The number of halogens is 1. The molecule has 0 atom stereocenters. The molecule has 1 saturated heterocycles. The van der Waals surface area contributed by atoms with Gasteiger partial charge in [-0.15, -0.1) is 0 Å². The van der Waals surface area contributed by atoms with Crippen molar-refractivity contribution in [2.24, 2.45) is 0 Å². The van der Waals surface area contributed by atoms with Crippen LogP contribution < -0.4 is 10.9 Å². The summed E-state index contributed by atoms with van der Waals surface area (Å²) in [6.45, 7) is 6.81. The number of hydrogen-bond donors (Lipinski definition) is 2. The lowest BCUT2D eigenvalue weighted by molar-refractivity contribution is -0.00330. The number of alkyl halides is 1. The van der Waals surface area contributed by atoms with Gasteiger partial charge in [0.2, 0.25) is 10.0 Å². The van der Waals surface area contributed by atoms with E-state index in [0.717, 1.165) is 12.8 Å². The zero-order valence-electron chi connectivity index (χ0n) is 22.9. The van der Waals surface area contributed by atoms with E-state index in [2.05, 4.69) is 21.3 Å². The number of pyridine rings is 1. The molecule has 0 radical (unpaired) electrons. The monoisotopic (exact) mass is 567 g/mol. The van der Waals surface area contributed by atoms with E-state index in [1.165, 1.54) is 4.31 Å². The van der Waals surface area contributed by atoms with E-state index in [-0.39, 0.29) is 29.5 Å². The van der Waals surface area contributed by atoms with E-state index in [0.29, 0.717) is 53.9 Å². The number of likely N-dealkylation sites (tertiary alicyclic amines) is 1. The normalized spacial score (nSPS) is 25.4. The Morgan fingerprint density at radius 2 is 1.95 bits per heavy atom. The van der Waals surface area contributed by atoms with E-state index in [1.807, 2.05) is 25.5 Å². The number of nitrogens with zero attached hydrogens (tertiary/aromatic N) is 5. The number of fused-ring (bicyclic) bond motifs is 2. The topological polar surface area (TPSA) is 127 Å². The number of aromatic nitrogens is 3. The molecule has 4 heterocycles. The summed E-state index contributed by atoms with van der Waals surface area (Å²) >= 11 is 0. The van der Waals surface area contributed by atoms with Crippen LogP contribution in [0.15, 0.2) is 40.2 Å². The SMILES string of the molecule is CC(C)(C)N1Cc2cc(Nc3nn(C4(CC#N)CCC(N5CC(F)C5)CC4)c4cc[nH]c(=O)c34)ccc2S1(=O)=O. The van der Waals surface area contributed by atoms with E-state index in [9.17, 15) is 22.9 Å². The van der Waals surface area contributed by atoms with Crippen LogP contribution in [0, 0.1) is 11.3 Å². The van der Waals surface area contributed by atoms with Crippen LogP contribution in [-0.4, -0.2) is 63.2 Å². The van der Waals surface area contributed by atoms with Crippen molar-refractivity contribution in [3.63, 3.8) is 0 Å². The Morgan fingerprint density at radius 3 is 2.60 bits per heavy atom. The number of sulfonamides is 1. The molecule has 1 aromatic carbocycles. The molecule has 0 spiro atoms. The minimum Gasteiger partial charge on any atom is -0.338 e. The molecular weight excluding hydrogens is 533 g/mol. The highest BCUT2D eigenvalue weighted by atomic mass is 32.2. The van der Waals surface area contributed by atoms with Gasteiger partial charge in [-0.1, -0.05) is 0 Å². The van der Waals surface area contributed by atoms with Crippen LogP contribution in [0.4, 0.5) is 15.9 Å². The first-order valence-corrected chi connectivity index (χ1v) is 15.2. The minimum atomic E-state index is -3.60. The zero-order chi connectivity index (χ0) is 28.4. The van der Waals surface area contributed by atoms with Crippen LogP contribution in [0.25, 0.3) is 10.9 Å². The van der Waals surface area contributed by atoms with Crippen molar-refractivity contribution in [2.75, 3.05) is 18.4 Å². The van der Waals surface area contributed by atoms with Gasteiger partial charge >= 0.3 is 0 Å². The third-order valence-electron chi connectivity index (χ3n) is 8.68. The Labute approximate surface area is 232 Å². The molecule has 12 heteroatoms. The highest BCUT2D eigenvalue weighted by molar-refractivity contribution is 7.89. The minimum absolute atomic E-state index is 0.244. The number of benzene rings is 1. The maximum atomic E-state index is 13.5. The number of hydrogen-bond acceptors (Lipinski definition) is 7. The molecule has 3 aliphatic rings. The molecule has 2 aromatic heterocycles. The fourth-order valence-electron chi connectivity index (χ4n) is 6.52. The Balaban J connectivity index is 1.35. The van der Waals surface area contributed by atoms with Crippen LogP contribution in [0.2, 0.25) is 0 Å². The van der Waals surface area contributed by atoms with Gasteiger partial charge in [-0.05, 0) is 76.3 Å². The lowest BCUT2D eigenvalue weighted by Crippen LogP contribution is -2.55. The summed E-state index contributed by atoms with van der Waals surface area (Å²) in [5, 5.41) is 18.3. The molecule has 10 nitrogen and oxygen atoms in total. The fourth-order valence-corrected chi connectivity index (χ4v) is 8.48. The third kappa shape index (κ3) is 4.31. The number of aromatic amines is 1. The lowest BCUT2D eigenvalue weighted by Gasteiger charge is -2.47. The maximum absolute atomic E-state index is 13.5. The summed E-state index contributed by atoms with van der Waals surface area (Å²) in [4.78, 5) is 18.2. The molecule has 212 valence electrons. The van der Waals surface area contributed by atoms with Crippen molar-refractivity contribution in [1.29, 1.82) is 5.26 Å². The predicted molar refractivity (Wildman–Crippen MR) is 149 cm³/mol. The van der Waals surface area contributed by atoms with Crippen molar-refractivity contribution in [3.8, 4) is 6.07 Å². The standard InChI is InChI=1S/C28H34FN7O3S/c1-27(2,3)35-15-18-14-20(4-5-23(18)40(35,38)39)32-25-24-22(8-13-31-26(24)37)36(33-25)28(11-12-30)9-6-21(7-10-28)34-16-19(29)17-34/h4-5,8,13-14,19,21H,6-7,9-11,15-17H2,1-3H3,(H,31,37)(H,32,33). The molecule has 0 bridgehead atoms. The second-order valence-corrected chi connectivity index (χ2v) is 14.1. The lowest BCUT2D eigenvalue weighted by atomic mass is 9.76. The fraction of sp³-hybridized carbons (Fsp3) is 0.536. The molecule has 40 heavy (non-hydrogen) atoms. The van der Waals surface area contributed by atoms with E-state index < -0.39 is 27.3 Å². The summed E-state index contributed by atoms with van der Waals surface area (Å²) in [5.41, 5.74) is 0.482. The van der Waals surface area contributed by atoms with Crippen LogP contribution in [0.1, 0.15) is 58.4 Å². The predicted octanol–water partition coefficient (Wildman–Crippen LogP) is 3.98. The molecule has 1 saturated carbocycles. The number of nitrogens with one attached hydrogen (secondary N) is 2. The van der Waals surface area contributed by atoms with Crippen molar-refractivity contribution in [2.45, 2.75) is 87.6 Å². The van der Waals surface area contributed by atoms with Gasteiger partial charge in [0.1, 0.15) is 11.6 Å². The van der Waals surface area contributed by atoms with Crippen molar-refractivity contribution in [1.82, 2.24) is 24.0 Å². The Kier molecular flexibility index (Phi) is 6.32. The van der Waals surface area contributed by atoms with Crippen LogP contribution in [-0.2, 0) is 22.1 Å².